The highest BCUT2D eigenvalue weighted by Crippen LogP contribution is 2.27. The van der Waals surface area contributed by atoms with Gasteiger partial charge in [0, 0.05) is 36.8 Å². The monoisotopic (exact) mass is 372 g/mol. The zero-order valence-corrected chi connectivity index (χ0v) is 14.3. The summed E-state index contributed by atoms with van der Waals surface area (Å²) in [7, 11) is 0. The van der Waals surface area contributed by atoms with Gasteiger partial charge in [-0.05, 0) is 35.9 Å². The van der Waals surface area contributed by atoms with Gasteiger partial charge in [-0.1, -0.05) is 17.7 Å². The first-order valence-electron chi connectivity index (χ1n) is 7.31. The second kappa shape index (κ2) is 7.92. The Morgan fingerprint density at radius 3 is 2.38 bits per heavy atom. The van der Waals surface area contributed by atoms with Crippen LogP contribution in [0.5, 0.6) is 0 Å². The van der Waals surface area contributed by atoms with Crippen LogP contribution in [0, 0.1) is 11.6 Å². The first kappa shape index (κ1) is 18.6. The van der Waals surface area contributed by atoms with Crippen molar-refractivity contribution in [2.45, 2.75) is 0 Å². The van der Waals surface area contributed by atoms with Crippen molar-refractivity contribution in [3.8, 4) is 11.1 Å². The third-order valence-electron chi connectivity index (χ3n) is 3.85. The zero-order valence-electron chi connectivity index (χ0n) is 12.7. The molecule has 0 saturated carbocycles. The summed E-state index contributed by atoms with van der Waals surface area (Å²) in [6.45, 7) is 2.49. The highest BCUT2D eigenvalue weighted by Gasteiger charge is 2.21. The van der Waals surface area contributed by atoms with Crippen LogP contribution in [0.2, 0.25) is 5.02 Å². The van der Waals surface area contributed by atoms with Gasteiger partial charge >= 0.3 is 0 Å². The van der Waals surface area contributed by atoms with Gasteiger partial charge in [0.15, 0.2) is 0 Å². The van der Waals surface area contributed by atoms with Crippen molar-refractivity contribution in [1.82, 2.24) is 10.2 Å². The summed E-state index contributed by atoms with van der Waals surface area (Å²) in [6, 6.07) is 8.34. The van der Waals surface area contributed by atoms with E-state index in [2.05, 4.69) is 5.32 Å². The maximum Gasteiger partial charge on any atom is 0.256 e. The van der Waals surface area contributed by atoms with Crippen molar-refractivity contribution in [2.75, 3.05) is 26.2 Å². The van der Waals surface area contributed by atoms with Gasteiger partial charge in [0.05, 0.1) is 5.56 Å². The molecule has 3 rings (SSSR count). The number of nitrogens with zero attached hydrogens (tertiary/aromatic N) is 1. The highest BCUT2D eigenvalue weighted by atomic mass is 35.5. The van der Waals surface area contributed by atoms with Crippen molar-refractivity contribution in [3.05, 3.63) is 58.6 Å². The molecule has 128 valence electrons. The van der Waals surface area contributed by atoms with Crippen LogP contribution in [0.3, 0.4) is 0 Å². The summed E-state index contributed by atoms with van der Waals surface area (Å²) in [5.74, 6) is -1.52. The smallest absolute Gasteiger partial charge is 0.256 e. The number of halogens is 4. The Kier molecular flexibility index (Phi) is 6.15. The normalized spacial score (nSPS) is 14.2. The maximum absolute atomic E-state index is 14.3. The molecule has 1 heterocycles. The average molecular weight is 373 g/mol. The van der Waals surface area contributed by atoms with Crippen LogP contribution in [0.1, 0.15) is 10.4 Å². The Balaban J connectivity index is 0.00000208. The first-order valence-corrected chi connectivity index (χ1v) is 7.69. The Labute approximate surface area is 150 Å². The number of amides is 1. The summed E-state index contributed by atoms with van der Waals surface area (Å²) in [4.78, 5) is 14.0. The molecule has 1 aliphatic heterocycles. The van der Waals surface area contributed by atoms with Gasteiger partial charge in [-0.25, -0.2) is 8.78 Å². The molecule has 0 unspecified atom stereocenters. The molecule has 1 fully saturated rings. The van der Waals surface area contributed by atoms with E-state index in [1.54, 1.807) is 11.0 Å². The first-order chi connectivity index (χ1) is 11.1. The summed E-state index contributed by atoms with van der Waals surface area (Å²) < 4.78 is 28.3. The van der Waals surface area contributed by atoms with E-state index in [4.69, 9.17) is 11.6 Å². The molecular formula is C17H16Cl2F2N2O. The summed E-state index contributed by atoms with van der Waals surface area (Å²) in [5.41, 5.74) is 0.619. The molecule has 2 aromatic rings. The molecule has 1 amide bonds. The van der Waals surface area contributed by atoms with Crippen molar-refractivity contribution < 1.29 is 13.6 Å². The maximum atomic E-state index is 14.3. The lowest BCUT2D eigenvalue weighted by Gasteiger charge is -2.27. The molecule has 7 heteroatoms. The summed E-state index contributed by atoms with van der Waals surface area (Å²) in [5, 5.41) is 3.41. The van der Waals surface area contributed by atoms with Crippen LogP contribution < -0.4 is 5.32 Å². The van der Waals surface area contributed by atoms with Gasteiger partial charge in [0.2, 0.25) is 0 Å². The number of carbonyl (C=O) groups excluding carboxylic acids is 1. The van der Waals surface area contributed by atoms with E-state index in [-0.39, 0.29) is 34.5 Å². The second-order valence-electron chi connectivity index (χ2n) is 5.36. The van der Waals surface area contributed by atoms with E-state index in [1.807, 2.05) is 0 Å². The zero-order chi connectivity index (χ0) is 16.4. The molecule has 0 aromatic heterocycles. The molecule has 1 N–H and O–H groups in total. The van der Waals surface area contributed by atoms with Gasteiger partial charge in [-0.2, -0.15) is 0 Å². The van der Waals surface area contributed by atoms with Gasteiger partial charge in [-0.15, -0.1) is 12.4 Å². The minimum atomic E-state index is -0.652. The van der Waals surface area contributed by atoms with Gasteiger partial charge < -0.3 is 10.2 Å². The Morgan fingerprint density at radius 2 is 1.75 bits per heavy atom. The average Bonchev–Trinajstić information content (AvgIpc) is 2.55. The number of benzene rings is 2. The summed E-state index contributed by atoms with van der Waals surface area (Å²) >= 11 is 5.72. The Morgan fingerprint density at radius 1 is 1.04 bits per heavy atom. The number of carbonyl (C=O) groups is 1. The fourth-order valence-corrected chi connectivity index (χ4v) is 2.78. The van der Waals surface area contributed by atoms with Crippen molar-refractivity contribution >= 4 is 29.9 Å². The fraction of sp³-hybridized carbons (Fsp3) is 0.235. The molecule has 0 atom stereocenters. The van der Waals surface area contributed by atoms with Gasteiger partial charge in [0.1, 0.15) is 11.6 Å². The Bertz CT molecular complexity index is 749. The molecule has 1 saturated heterocycles. The van der Waals surface area contributed by atoms with Gasteiger partial charge in [-0.3, -0.25) is 4.79 Å². The minimum absolute atomic E-state index is 0. The van der Waals surface area contributed by atoms with E-state index in [0.29, 0.717) is 31.7 Å². The second-order valence-corrected chi connectivity index (χ2v) is 5.80. The summed E-state index contributed by atoms with van der Waals surface area (Å²) in [6.07, 6.45) is 0. The van der Waals surface area contributed by atoms with E-state index >= 15 is 0 Å². The molecule has 0 radical (unpaired) electrons. The number of nitrogens with one attached hydrogen (secondary N) is 1. The highest BCUT2D eigenvalue weighted by molar-refractivity contribution is 6.30. The van der Waals surface area contributed by atoms with Gasteiger partial charge in [0.25, 0.3) is 5.91 Å². The van der Waals surface area contributed by atoms with E-state index in [0.717, 1.165) is 0 Å². The molecule has 24 heavy (non-hydrogen) atoms. The Hall–Kier alpha value is -1.69. The van der Waals surface area contributed by atoms with E-state index < -0.39 is 11.6 Å². The fourth-order valence-electron chi connectivity index (χ4n) is 2.62. The van der Waals surface area contributed by atoms with Crippen LogP contribution in [0.15, 0.2) is 36.4 Å². The van der Waals surface area contributed by atoms with Crippen LogP contribution in [-0.2, 0) is 0 Å². The number of rotatable bonds is 2. The number of hydrogen-bond donors (Lipinski definition) is 1. The predicted molar refractivity (Wildman–Crippen MR) is 92.8 cm³/mol. The van der Waals surface area contributed by atoms with Crippen molar-refractivity contribution in [1.29, 1.82) is 0 Å². The standard InChI is InChI=1S/C17H15ClF2N2O.ClH/c18-12-2-4-13(16(20)10-12)11-1-3-14(15(19)9-11)17(23)22-7-5-21-6-8-22;/h1-4,9-10,21H,5-8H2;1H. The molecule has 0 aliphatic carbocycles. The van der Waals surface area contributed by atoms with Crippen LogP contribution in [0.4, 0.5) is 8.78 Å². The van der Waals surface area contributed by atoms with Crippen molar-refractivity contribution in [3.63, 3.8) is 0 Å². The lowest BCUT2D eigenvalue weighted by atomic mass is 10.0. The van der Waals surface area contributed by atoms with E-state index in [1.165, 1.54) is 30.3 Å². The van der Waals surface area contributed by atoms with Crippen LogP contribution in [0.25, 0.3) is 11.1 Å². The lowest BCUT2D eigenvalue weighted by Crippen LogP contribution is -2.46. The van der Waals surface area contributed by atoms with Crippen LogP contribution >= 0.6 is 24.0 Å². The molecular weight excluding hydrogens is 357 g/mol. The molecule has 3 nitrogen and oxygen atoms in total. The third kappa shape index (κ3) is 3.86. The lowest BCUT2D eigenvalue weighted by molar-refractivity contribution is 0.0731. The topological polar surface area (TPSA) is 32.3 Å². The SMILES string of the molecule is Cl.O=C(c1ccc(-c2ccc(Cl)cc2F)cc1F)N1CCNCC1. The molecule has 2 aromatic carbocycles. The quantitative estimate of drug-likeness (QED) is 0.870. The van der Waals surface area contributed by atoms with E-state index in [9.17, 15) is 13.6 Å². The largest absolute Gasteiger partial charge is 0.336 e. The molecule has 0 bridgehead atoms. The molecule has 0 spiro atoms. The predicted octanol–water partition coefficient (Wildman–Crippen LogP) is 3.75. The third-order valence-corrected chi connectivity index (χ3v) is 4.08. The number of hydrogen-bond acceptors (Lipinski definition) is 2. The number of piperazine rings is 1. The molecule has 1 aliphatic rings. The van der Waals surface area contributed by atoms with Crippen LogP contribution in [-0.4, -0.2) is 37.0 Å². The minimum Gasteiger partial charge on any atom is -0.336 e. The van der Waals surface area contributed by atoms with Crippen molar-refractivity contribution in [2.24, 2.45) is 0 Å².